The summed E-state index contributed by atoms with van der Waals surface area (Å²) >= 11 is 9.17. The first-order valence-corrected chi connectivity index (χ1v) is 10.5. The number of hydrogen-bond acceptors (Lipinski definition) is 5. The Balaban J connectivity index is 1.61. The lowest BCUT2D eigenvalue weighted by atomic mass is 10.0. The number of benzene rings is 2. The molecule has 0 bridgehead atoms. The second-order valence-corrected chi connectivity index (χ2v) is 8.43. The number of rotatable bonds is 7. The Bertz CT molecular complexity index is 1100. The summed E-state index contributed by atoms with van der Waals surface area (Å²) in [6, 6.07) is 16.9. The number of aromatic nitrogens is 1. The van der Waals surface area contributed by atoms with Crippen molar-refractivity contribution in [3.63, 3.8) is 0 Å². The van der Waals surface area contributed by atoms with Crippen LogP contribution in [0.3, 0.4) is 0 Å². The molecule has 0 radical (unpaired) electrons. The van der Waals surface area contributed by atoms with Gasteiger partial charge < -0.3 is 4.74 Å². The third-order valence-electron chi connectivity index (χ3n) is 4.26. The lowest BCUT2D eigenvalue weighted by Gasteiger charge is -2.24. The number of hydrazone groups is 1. The van der Waals surface area contributed by atoms with Crippen molar-refractivity contribution < 1.29 is 14.3 Å². The van der Waals surface area contributed by atoms with E-state index in [1.54, 1.807) is 74.6 Å². The molecule has 3 aromatic rings. The van der Waals surface area contributed by atoms with Crippen LogP contribution < -0.4 is 10.2 Å². The summed E-state index contributed by atoms with van der Waals surface area (Å²) in [6.07, 6.45) is 3.08. The van der Waals surface area contributed by atoms with Crippen molar-refractivity contribution in [1.29, 1.82) is 0 Å². The lowest BCUT2D eigenvalue weighted by molar-refractivity contribution is -0.134. The number of halogens is 2. The molecule has 0 spiro atoms. The van der Waals surface area contributed by atoms with Crippen LogP contribution in [0.2, 0.25) is 5.02 Å². The second kappa shape index (κ2) is 9.85. The molecule has 0 unspecified atom stereocenters. The van der Waals surface area contributed by atoms with Crippen LogP contribution in [0, 0.1) is 0 Å². The zero-order valence-electron chi connectivity index (χ0n) is 16.8. The Hall–Kier alpha value is -3.03. The van der Waals surface area contributed by atoms with Crippen LogP contribution in [-0.4, -0.2) is 28.5 Å². The molecule has 8 heteroatoms. The van der Waals surface area contributed by atoms with Gasteiger partial charge in [0.2, 0.25) is 0 Å². The highest BCUT2D eigenvalue weighted by atomic mass is 79.9. The molecule has 0 aliphatic carbocycles. The highest BCUT2D eigenvalue weighted by Gasteiger charge is 2.30. The van der Waals surface area contributed by atoms with Gasteiger partial charge >= 0.3 is 0 Å². The number of nitrogens with one attached hydrogen (secondary N) is 1. The van der Waals surface area contributed by atoms with E-state index in [0.717, 1.165) is 4.47 Å². The lowest BCUT2D eigenvalue weighted by Crippen LogP contribution is -2.44. The van der Waals surface area contributed by atoms with E-state index in [2.05, 4.69) is 31.4 Å². The van der Waals surface area contributed by atoms with Crippen LogP contribution in [0.1, 0.15) is 35.5 Å². The number of pyridine rings is 1. The van der Waals surface area contributed by atoms with Crippen molar-refractivity contribution >= 4 is 45.4 Å². The molecular weight excluding hydrogens is 482 g/mol. The van der Waals surface area contributed by atoms with Gasteiger partial charge in [-0.25, -0.2) is 5.43 Å². The Kier molecular flexibility index (Phi) is 7.20. The van der Waals surface area contributed by atoms with E-state index in [-0.39, 0.29) is 5.78 Å². The predicted molar refractivity (Wildman–Crippen MR) is 124 cm³/mol. The topological polar surface area (TPSA) is 80.7 Å². The average Bonchev–Trinajstić information content (AvgIpc) is 2.75. The number of carbonyl (C=O) groups is 2. The van der Waals surface area contributed by atoms with Crippen molar-refractivity contribution in [1.82, 2.24) is 10.4 Å². The largest absolute Gasteiger partial charge is 0.478 e. The summed E-state index contributed by atoms with van der Waals surface area (Å²) in [6.45, 7) is 3.25. The SMILES string of the molecule is CC(C)(Oc1ccc(C(=O)c2ccc(Cl)cc2)cc1)C(=O)N/N=C/c1ccc(Br)cn1. The fraction of sp³-hybridized carbons (Fsp3) is 0.130. The maximum Gasteiger partial charge on any atom is 0.283 e. The van der Waals surface area contributed by atoms with Gasteiger partial charge in [0.25, 0.3) is 5.91 Å². The molecule has 1 aromatic heterocycles. The third-order valence-corrected chi connectivity index (χ3v) is 4.98. The normalized spacial score (nSPS) is 11.4. The van der Waals surface area contributed by atoms with E-state index >= 15 is 0 Å². The Morgan fingerprint density at radius 2 is 1.65 bits per heavy atom. The first-order valence-electron chi connectivity index (χ1n) is 9.29. The fourth-order valence-corrected chi connectivity index (χ4v) is 2.90. The van der Waals surface area contributed by atoms with Crippen molar-refractivity contribution in [2.75, 3.05) is 0 Å². The van der Waals surface area contributed by atoms with Crippen molar-refractivity contribution in [3.05, 3.63) is 93.2 Å². The first-order chi connectivity index (χ1) is 14.7. The quantitative estimate of drug-likeness (QED) is 0.280. The number of hydrogen-bond donors (Lipinski definition) is 1. The third kappa shape index (κ3) is 6.23. The minimum Gasteiger partial charge on any atom is -0.478 e. The standard InChI is InChI=1S/C23H19BrClN3O3/c1-23(2,22(30)28-27-14-19-10-7-17(24)13-26-19)31-20-11-5-16(6-12-20)21(29)15-3-8-18(25)9-4-15/h3-14H,1-2H3,(H,28,30)/b27-14+. The summed E-state index contributed by atoms with van der Waals surface area (Å²) in [5.74, 6) is -0.107. The number of nitrogens with zero attached hydrogens (tertiary/aromatic N) is 2. The number of ketones is 1. The average molecular weight is 501 g/mol. The maximum absolute atomic E-state index is 12.5. The molecule has 0 saturated heterocycles. The Morgan fingerprint density at radius 3 is 2.23 bits per heavy atom. The molecule has 0 saturated carbocycles. The van der Waals surface area contributed by atoms with Crippen LogP contribution in [0.4, 0.5) is 0 Å². The summed E-state index contributed by atoms with van der Waals surface area (Å²) in [5, 5.41) is 4.49. The molecule has 1 heterocycles. The summed E-state index contributed by atoms with van der Waals surface area (Å²) in [5.41, 5.74) is 2.90. The number of amides is 1. The van der Waals surface area contributed by atoms with Crippen LogP contribution in [0.25, 0.3) is 0 Å². The summed E-state index contributed by atoms with van der Waals surface area (Å²) < 4.78 is 6.65. The smallest absolute Gasteiger partial charge is 0.283 e. The summed E-state index contributed by atoms with van der Waals surface area (Å²) in [7, 11) is 0. The molecule has 0 fully saturated rings. The van der Waals surface area contributed by atoms with Gasteiger partial charge in [0.15, 0.2) is 11.4 Å². The number of ether oxygens (including phenoxy) is 1. The van der Waals surface area contributed by atoms with E-state index in [1.807, 2.05) is 6.07 Å². The Labute approximate surface area is 193 Å². The molecule has 1 N–H and O–H groups in total. The van der Waals surface area contributed by atoms with E-state index in [1.165, 1.54) is 6.21 Å². The van der Waals surface area contributed by atoms with Gasteiger partial charge in [-0.05, 0) is 90.4 Å². The maximum atomic E-state index is 12.5. The molecule has 158 valence electrons. The minimum absolute atomic E-state index is 0.129. The van der Waals surface area contributed by atoms with Crippen LogP contribution in [0.15, 0.2) is 76.4 Å². The predicted octanol–water partition coefficient (Wildman–Crippen LogP) is 5.04. The molecule has 1 amide bonds. The van der Waals surface area contributed by atoms with Gasteiger partial charge in [-0.2, -0.15) is 5.10 Å². The second-order valence-electron chi connectivity index (χ2n) is 7.07. The zero-order valence-corrected chi connectivity index (χ0v) is 19.1. The van der Waals surface area contributed by atoms with Crippen molar-refractivity contribution in [2.24, 2.45) is 5.10 Å². The van der Waals surface area contributed by atoms with Gasteiger partial charge in [0, 0.05) is 26.8 Å². The van der Waals surface area contributed by atoms with E-state index < -0.39 is 11.5 Å². The van der Waals surface area contributed by atoms with Gasteiger partial charge in [-0.15, -0.1) is 0 Å². The highest BCUT2D eigenvalue weighted by Crippen LogP contribution is 2.21. The monoisotopic (exact) mass is 499 g/mol. The minimum atomic E-state index is -1.19. The van der Waals surface area contributed by atoms with E-state index in [4.69, 9.17) is 16.3 Å². The van der Waals surface area contributed by atoms with Crippen LogP contribution in [0.5, 0.6) is 5.75 Å². The van der Waals surface area contributed by atoms with Gasteiger partial charge in [0.1, 0.15) is 5.75 Å². The molecule has 31 heavy (non-hydrogen) atoms. The molecule has 6 nitrogen and oxygen atoms in total. The van der Waals surface area contributed by atoms with E-state index in [9.17, 15) is 9.59 Å². The van der Waals surface area contributed by atoms with Crippen LogP contribution in [-0.2, 0) is 4.79 Å². The molecular formula is C23H19BrClN3O3. The molecule has 0 aliphatic heterocycles. The van der Waals surface area contributed by atoms with Crippen LogP contribution >= 0.6 is 27.5 Å². The molecule has 2 aromatic carbocycles. The zero-order chi connectivity index (χ0) is 22.4. The molecule has 0 atom stereocenters. The van der Waals surface area contributed by atoms with Gasteiger partial charge in [-0.3, -0.25) is 14.6 Å². The van der Waals surface area contributed by atoms with Gasteiger partial charge in [0.05, 0.1) is 11.9 Å². The van der Waals surface area contributed by atoms with Crippen molar-refractivity contribution in [2.45, 2.75) is 19.4 Å². The first kappa shape index (κ1) is 22.7. The summed E-state index contributed by atoms with van der Waals surface area (Å²) in [4.78, 5) is 29.1. The fourth-order valence-electron chi connectivity index (χ4n) is 2.54. The molecule has 3 rings (SSSR count). The van der Waals surface area contributed by atoms with Gasteiger partial charge in [-0.1, -0.05) is 11.6 Å². The number of carbonyl (C=O) groups excluding carboxylic acids is 2. The Morgan fingerprint density at radius 1 is 1.03 bits per heavy atom. The van der Waals surface area contributed by atoms with E-state index in [0.29, 0.717) is 27.6 Å². The highest BCUT2D eigenvalue weighted by molar-refractivity contribution is 9.10. The molecule has 0 aliphatic rings. The van der Waals surface area contributed by atoms with Crippen molar-refractivity contribution in [3.8, 4) is 5.75 Å².